The molecular formula is C15H23N3O. The predicted molar refractivity (Wildman–Crippen MR) is 80.4 cm³/mol. The maximum Gasteiger partial charge on any atom is 0.224 e. The van der Waals surface area contributed by atoms with Crippen LogP contribution in [0.1, 0.15) is 44.6 Å². The van der Waals surface area contributed by atoms with Gasteiger partial charge in [-0.3, -0.25) is 4.79 Å². The van der Waals surface area contributed by atoms with E-state index in [1.807, 2.05) is 6.07 Å². The molecular weight excluding hydrogens is 238 g/mol. The van der Waals surface area contributed by atoms with E-state index in [1.54, 1.807) is 0 Å². The Bertz CT molecular complexity index is 457. The number of anilines is 3. The number of nitrogens with one attached hydrogen (secondary N) is 2. The normalized spacial score (nSPS) is 13.8. The quantitative estimate of drug-likeness (QED) is 0.544. The summed E-state index contributed by atoms with van der Waals surface area (Å²) in [7, 11) is 0. The van der Waals surface area contributed by atoms with Gasteiger partial charge < -0.3 is 16.4 Å². The molecule has 0 radical (unpaired) electrons. The Hall–Kier alpha value is -1.71. The van der Waals surface area contributed by atoms with Gasteiger partial charge in [0.25, 0.3) is 0 Å². The van der Waals surface area contributed by atoms with Crippen LogP contribution >= 0.6 is 0 Å². The third kappa shape index (κ3) is 3.63. The summed E-state index contributed by atoms with van der Waals surface area (Å²) >= 11 is 0. The molecule has 4 nitrogen and oxygen atoms in total. The molecule has 1 heterocycles. The molecule has 1 aromatic rings. The van der Waals surface area contributed by atoms with Crippen molar-refractivity contribution in [2.24, 2.45) is 0 Å². The lowest BCUT2D eigenvalue weighted by molar-refractivity contribution is -0.116. The molecule has 1 amide bonds. The first-order chi connectivity index (χ1) is 9.20. The fourth-order valence-electron chi connectivity index (χ4n) is 2.37. The summed E-state index contributed by atoms with van der Waals surface area (Å²) in [6, 6.07) is 3.94. The highest BCUT2D eigenvalue weighted by molar-refractivity contribution is 5.95. The highest BCUT2D eigenvalue weighted by atomic mass is 16.1. The standard InChI is InChI=1S/C15H23N3O/c1-2-3-4-5-8-17-14-9-11-6-7-15(19)18-13(11)10-12(14)16/h9-10,17H,2-8,16H2,1H3,(H,18,19). The molecule has 0 fully saturated rings. The number of amides is 1. The molecule has 0 aliphatic carbocycles. The summed E-state index contributed by atoms with van der Waals surface area (Å²) in [6.07, 6.45) is 6.32. The number of benzene rings is 1. The van der Waals surface area contributed by atoms with Gasteiger partial charge in [-0.05, 0) is 30.5 Å². The van der Waals surface area contributed by atoms with E-state index in [0.717, 1.165) is 24.3 Å². The second-order valence-corrected chi connectivity index (χ2v) is 5.13. The number of carbonyl (C=O) groups excluding carboxylic acids is 1. The lowest BCUT2D eigenvalue weighted by Crippen LogP contribution is -2.19. The number of nitrogen functional groups attached to an aromatic ring is 1. The Kier molecular flexibility index (Phi) is 4.66. The van der Waals surface area contributed by atoms with E-state index < -0.39 is 0 Å². The van der Waals surface area contributed by atoms with Crippen molar-refractivity contribution >= 4 is 23.0 Å². The zero-order valence-corrected chi connectivity index (χ0v) is 11.6. The van der Waals surface area contributed by atoms with Gasteiger partial charge in [0, 0.05) is 18.7 Å². The predicted octanol–water partition coefficient (Wildman–Crippen LogP) is 3.15. The van der Waals surface area contributed by atoms with Crippen LogP contribution in [-0.2, 0) is 11.2 Å². The van der Waals surface area contributed by atoms with Gasteiger partial charge in [0.2, 0.25) is 5.91 Å². The second kappa shape index (κ2) is 6.45. The number of rotatable bonds is 6. The van der Waals surface area contributed by atoms with Crippen molar-refractivity contribution in [2.45, 2.75) is 45.4 Å². The van der Waals surface area contributed by atoms with Crippen LogP contribution in [0.5, 0.6) is 0 Å². The molecule has 1 aromatic carbocycles. The zero-order chi connectivity index (χ0) is 13.7. The Morgan fingerprint density at radius 2 is 2.11 bits per heavy atom. The van der Waals surface area contributed by atoms with Crippen LogP contribution in [0.15, 0.2) is 12.1 Å². The van der Waals surface area contributed by atoms with E-state index in [0.29, 0.717) is 12.1 Å². The van der Waals surface area contributed by atoms with Crippen LogP contribution in [0.25, 0.3) is 0 Å². The van der Waals surface area contributed by atoms with E-state index in [2.05, 4.69) is 23.6 Å². The third-order valence-corrected chi connectivity index (χ3v) is 3.52. The molecule has 19 heavy (non-hydrogen) atoms. The maximum atomic E-state index is 11.3. The van der Waals surface area contributed by atoms with Gasteiger partial charge >= 0.3 is 0 Å². The molecule has 4 N–H and O–H groups in total. The molecule has 1 aliphatic rings. The second-order valence-electron chi connectivity index (χ2n) is 5.13. The first-order valence-corrected chi connectivity index (χ1v) is 7.17. The Morgan fingerprint density at radius 1 is 1.26 bits per heavy atom. The molecule has 0 saturated heterocycles. The lowest BCUT2D eigenvalue weighted by atomic mass is 10.0. The summed E-state index contributed by atoms with van der Waals surface area (Å²) < 4.78 is 0. The van der Waals surface area contributed by atoms with Crippen molar-refractivity contribution in [3.8, 4) is 0 Å². The fraction of sp³-hybridized carbons (Fsp3) is 0.533. The molecule has 104 valence electrons. The van der Waals surface area contributed by atoms with Gasteiger partial charge in [0.15, 0.2) is 0 Å². The third-order valence-electron chi connectivity index (χ3n) is 3.52. The number of nitrogens with two attached hydrogens (primary N) is 1. The van der Waals surface area contributed by atoms with Crippen LogP contribution in [0, 0.1) is 0 Å². The molecule has 0 unspecified atom stereocenters. The maximum absolute atomic E-state index is 11.3. The van der Waals surface area contributed by atoms with E-state index in [-0.39, 0.29) is 5.91 Å². The van der Waals surface area contributed by atoms with Gasteiger partial charge in [-0.15, -0.1) is 0 Å². The largest absolute Gasteiger partial charge is 0.397 e. The number of unbranched alkanes of at least 4 members (excludes halogenated alkanes) is 3. The van der Waals surface area contributed by atoms with E-state index in [4.69, 9.17) is 5.73 Å². The van der Waals surface area contributed by atoms with Crippen LogP contribution in [0.4, 0.5) is 17.1 Å². The zero-order valence-electron chi connectivity index (χ0n) is 11.6. The summed E-state index contributed by atoms with van der Waals surface area (Å²) in [5.74, 6) is 0.0761. The fourth-order valence-corrected chi connectivity index (χ4v) is 2.37. The van der Waals surface area contributed by atoms with Crippen LogP contribution in [-0.4, -0.2) is 12.5 Å². The van der Waals surface area contributed by atoms with E-state index in [1.165, 1.54) is 31.2 Å². The summed E-state index contributed by atoms with van der Waals surface area (Å²) in [4.78, 5) is 11.3. The van der Waals surface area contributed by atoms with Gasteiger partial charge in [-0.25, -0.2) is 0 Å². The van der Waals surface area contributed by atoms with Gasteiger partial charge in [0.1, 0.15) is 0 Å². The number of hydrogen-bond acceptors (Lipinski definition) is 3. The monoisotopic (exact) mass is 261 g/mol. The summed E-state index contributed by atoms with van der Waals surface area (Å²) in [6.45, 7) is 3.17. The van der Waals surface area contributed by atoms with Crippen molar-refractivity contribution in [3.05, 3.63) is 17.7 Å². The summed E-state index contributed by atoms with van der Waals surface area (Å²) in [5.41, 5.74) is 9.75. The van der Waals surface area contributed by atoms with Gasteiger partial charge in [-0.2, -0.15) is 0 Å². The summed E-state index contributed by atoms with van der Waals surface area (Å²) in [5, 5.41) is 6.26. The average molecular weight is 261 g/mol. The molecule has 0 saturated carbocycles. The highest BCUT2D eigenvalue weighted by Gasteiger charge is 2.16. The molecule has 0 atom stereocenters. The SMILES string of the molecule is CCCCCCNc1cc2c(cc1N)NC(=O)CC2. The van der Waals surface area contributed by atoms with Gasteiger partial charge in [0.05, 0.1) is 11.4 Å². The Labute approximate surface area is 114 Å². The molecule has 4 heteroatoms. The molecule has 0 bridgehead atoms. The van der Waals surface area contributed by atoms with E-state index in [9.17, 15) is 4.79 Å². The minimum absolute atomic E-state index is 0.0761. The van der Waals surface area contributed by atoms with E-state index >= 15 is 0 Å². The Balaban J connectivity index is 1.96. The topological polar surface area (TPSA) is 67.2 Å². The van der Waals surface area contributed by atoms with Crippen molar-refractivity contribution in [1.82, 2.24) is 0 Å². The van der Waals surface area contributed by atoms with Crippen molar-refractivity contribution in [2.75, 3.05) is 22.9 Å². The van der Waals surface area contributed by atoms with Crippen LogP contribution in [0.3, 0.4) is 0 Å². The lowest BCUT2D eigenvalue weighted by Gasteiger charge is -2.19. The minimum Gasteiger partial charge on any atom is -0.397 e. The molecule has 0 aromatic heterocycles. The van der Waals surface area contributed by atoms with Crippen molar-refractivity contribution in [1.29, 1.82) is 0 Å². The number of fused-ring (bicyclic) bond motifs is 1. The highest BCUT2D eigenvalue weighted by Crippen LogP contribution is 2.30. The van der Waals surface area contributed by atoms with Crippen molar-refractivity contribution in [3.63, 3.8) is 0 Å². The average Bonchev–Trinajstić information content (AvgIpc) is 2.39. The Morgan fingerprint density at radius 3 is 2.89 bits per heavy atom. The first kappa shape index (κ1) is 13.7. The smallest absolute Gasteiger partial charge is 0.224 e. The number of aryl methyl sites for hydroxylation is 1. The van der Waals surface area contributed by atoms with Crippen LogP contribution in [0.2, 0.25) is 0 Å². The first-order valence-electron chi connectivity index (χ1n) is 7.17. The molecule has 1 aliphatic heterocycles. The van der Waals surface area contributed by atoms with Crippen LogP contribution < -0.4 is 16.4 Å². The van der Waals surface area contributed by atoms with Crippen molar-refractivity contribution < 1.29 is 4.79 Å². The minimum atomic E-state index is 0.0761. The molecule has 0 spiro atoms. The number of hydrogen-bond donors (Lipinski definition) is 3. The van der Waals surface area contributed by atoms with Gasteiger partial charge in [-0.1, -0.05) is 26.2 Å². The number of carbonyl (C=O) groups is 1. The molecule has 2 rings (SSSR count).